The van der Waals surface area contributed by atoms with Gasteiger partial charge >= 0.3 is 5.97 Å². The highest BCUT2D eigenvalue weighted by atomic mass is 32.1. The van der Waals surface area contributed by atoms with E-state index in [-0.39, 0.29) is 30.9 Å². The van der Waals surface area contributed by atoms with Crippen LogP contribution in [0.3, 0.4) is 0 Å². The fourth-order valence-corrected chi connectivity index (χ4v) is 7.15. The van der Waals surface area contributed by atoms with E-state index in [1.807, 2.05) is 36.6 Å². The first-order chi connectivity index (χ1) is 16.4. The van der Waals surface area contributed by atoms with E-state index in [0.29, 0.717) is 22.9 Å². The van der Waals surface area contributed by atoms with Crippen LogP contribution in [-0.2, 0) is 19.1 Å². The van der Waals surface area contributed by atoms with Gasteiger partial charge < -0.3 is 10.1 Å². The summed E-state index contributed by atoms with van der Waals surface area (Å²) in [6.07, 6.45) is 6.91. The van der Waals surface area contributed by atoms with Crippen LogP contribution in [0.15, 0.2) is 29.6 Å². The average Bonchev–Trinajstić information content (AvgIpc) is 3.25. The number of nitrogens with zero attached hydrogens (tertiary/aromatic N) is 1. The zero-order chi connectivity index (χ0) is 23.7. The Morgan fingerprint density at radius 2 is 1.71 bits per heavy atom. The molecule has 0 saturated heterocycles. The third-order valence-electron chi connectivity index (χ3n) is 7.60. The monoisotopic (exact) mass is 481 g/mol. The Labute approximate surface area is 203 Å². The molecule has 0 radical (unpaired) electrons. The third-order valence-corrected chi connectivity index (χ3v) is 8.35. The number of rotatable bonds is 8. The highest BCUT2D eigenvalue weighted by molar-refractivity contribution is 7.14. The van der Waals surface area contributed by atoms with E-state index in [0.717, 1.165) is 30.5 Å². The second kappa shape index (κ2) is 9.49. The molecule has 0 spiro atoms. The van der Waals surface area contributed by atoms with Crippen LogP contribution in [0.4, 0.5) is 5.13 Å². The highest BCUT2D eigenvalue weighted by Gasteiger charge is 2.54. The summed E-state index contributed by atoms with van der Waals surface area (Å²) < 4.78 is 5.09. The van der Waals surface area contributed by atoms with E-state index >= 15 is 0 Å². The SMILES string of the molecule is Cc1ccc(-c2csc(NC(=O)COC(=O)CCNC(=O)C34CC5CC(CC(C5)C3)C4)n2)cc1. The molecule has 2 N–H and O–H groups in total. The van der Waals surface area contributed by atoms with Gasteiger partial charge in [-0.05, 0) is 63.2 Å². The van der Waals surface area contributed by atoms with Crippen LogP contribution in [0.5, 0.6) is 0 Å². The largest absolute Gasteiger partial charge is 0.456 e. The Hall–Kier alpha value is -2.74. The first-order valence-electron chi connectivity index (χ1n) is 12.1. The van der Waals surface area contributed by atoms with Crippen molar-refractivity contribution in [1.29, 1.82) is 0 Å². The number of thiazole rings is 1. The third kappa shape index (κ3) is 5.02. The Balaban J connectivity index is 1.02. The lowest BCUT2D eigenvalue weighted by atomic mass is 9.49. The molecule has 0 aliphatic heterocycles. The number of hydrogen-bond donors (Lipinski definition) is 2. The quantitative estimate of drug-likeness (QED) is 0.547. The lowest BCUT2D eigenvalue weighted by molar-refractivity contribution is -0.148. The van der Waals surface area contributed by atoms with E-state index in [1.54, 1.807) is 0 Å². The van der Waals surface area contributed by atoms with Crippen LogP contribution >= 0.6 is 11.3 Å². The Kier molecular flexibility index (Phi) is 6.42. The van der Waals surface area contributed by atoms with Crippen molar-refractivity contribution >= 4 is 34.3 Å². The second-order valence-corrected chi connectivity index (χ2v) is 11.2. The molecule has 4 aliphatic carbocycles. The minimum absolute atomic E-state index is 0.0558. The van der Waals surface area contributed by atoms with E-state index in [9.17, 15) is 14.4 Å². The van der Waals surface area contributed by atoms with E-state index in [4.69, 9.17) is 4.74 Å². The Morgan fingerprint density at radius 1 is 1.06 bits per heavy atom. The molecule has 4 saturated carbocycles. The average molecular weight is 482 g/mol. The molecule has 7 nitrogen and oxygen atoms in total. The molecule has 4 aliphatic rings. The number of amides is 2. The van der Waals surface area contributed by atoms with Gasteiger partial charge in [0.05, 0.1) is 12.1 Å². The number of benzene rings is 1. The van der Waals surface area contributed by atoms with Gasteiger partial charge in [-0.15, -0.1) is 11.3 Å². The first kappa shape index (κ1) is 23.0. The van der Waals surface area contributed by atoms with Crippen molar-refractivity contribution in [2.45, 2.75) is 51.9 Å². The van der Waals surface area contributed by atoms with Crippen molar-refractivity contribution in [3.8, 4) is 11.3 Å². The summed E-state index contributed by atoms with van der Waals surface area (Å²) in [5.74, 6) is 1.27. The minimum Gasteiger partial charge on any atom is -0.456 e. The molecule has 2 aromatic rings. The maximum atomic E-state index is 12.9. The van der Waals surface area contributed by atoms with Gasteiger partial charge in [0.1, 0.15) is 0 Å². The van der Waals surface area contributed by atoms with Crippen molar-refractivity contribution in [3.63, 3.8) is 0 Å². The lowest BCUT2D eigenvalue weighted by Gasteiger charge is -2.55. The molecule has 8 heteroatoms. The number of aryl methyl sites for hydroxylation is 1. The van der Waals surface area contributed by atoms with Crippen LogP contribution in [0.2, 0.25) is 0 Å². The van der Waals surface area contributed by atoms with Gasteiger partial charge in [0, 0.05) is 22.9 Å². The van der Waals surface area contributed by atoms with E-state index in [1.165, 1.54) is 36.2 Å². The van der Waals surface area contributed by atoms with Gasteiger partial charge in [-0.3, -0.25) is 19.7 Å². The highest BCUT2D eigenvalue weighted by Crippen LogP contribution is 2.60. The van der Waals surface area contributed by atoms with Crippen molar-refractivity contribution < 1.29 is 19.1 Å². The predicted molar refractivity (Wildman–Crippen MR) is 130 cm³/mol. The molecule has 180 valence electrons. The van der Waals surface area contributed by atoms with Crippen molar-refractivity contribution in [3.05, 3.63) is 35.2 Å². The zero-order valence-corrected chi connectivity index (χ0v) is 20.3. The van der Waals surface area contributed by atoms with Gasteiger partial charge in [0.15, 0.2) is 11.7 Å². The van der Waals surface area contributed by atoms with Gasteiger partial charge in [-0.25, -0.2) is 4.98 Å². The molecular formula is C26H31N3O4S. The van der Waals surface area contributed by atoms with Crippen LogP contribution in [0.1, 0.15) is 50.5 Å². The summed E-state index contributed by atoms with van der Waals surface area (Å²) in [4.78, 5) is 41.6. The summed E-state index contributed by atoms with van der Waals surface area (Å²) >= 11 is 1.32. The molecule has 4 bridgehead atoms. The molecular weight excluding hydrogens is 450 g/mol. The van der Waals surface area contributed by atoms with Crippen molar-refractivity contribution in [2.75, 3.05) is 18.5 Å². The topological polar surface area (TPSA) is 97.4 Å². The maximum Gasteiger partial charge on any atom is 0.308 e. The fourth-order valence-electron chi connectivity index (χ4n) is 6.42. The summed E-state index contributed by atoms with van der Waals surface area (Å²) in [7, 11) is 0. The number of nitrogens with one attached hydrogen (secondary N) is 2. The first-order valence-corrected chi connectivity index (χ1v) is 13.0. The van der Waals surface area contributed by atoms with E-state index in [2.05, 4.69) is 15.6 Å². The second-order valence-electron chi connectivity index (χ2n) is 10.3. The predicted octanol–water partition coefficient (Wildman–Crippen LogP) is 4.32. The van der Waals surface area contributed by atoms with Gasteiger partial charge in [0.2, 0.25) is 5.91 Å². The number of esters is 1. The maximum absolute atomic E-state index is 12.9. The van der Waals surface area contributed by atoms with Gasteiger partial charge in [-0.1, -0.05) is 29.8 Å². The standard InChI is InChI=1S/C26H31N3O4S/c1-16-2-4-20(5-3-16)21-15-34-25(28-21)29-22(30)14-33-23(31)6-7-27-24(32)26-11-17-8-18(12-26)10-19(9-17)13-26/h2-5,15,17-19H,6-14H2,1H3,(H,27,32)(H,28,29,30). The minimum atomic E-state index is -0.500. The van der Waals surface area contributed by atoms with E-state index < -0.39 is 11.9 Å². The normalized spacial score (nSPS) is 26.8. The Bertz CT molecular complexity index is 1040. The molecule has 4 fully saturated rings. The van der Waals surface area contributed by atoms with Crippen LogP contribution < -0.4 is 10.6 Å². The molecule has 0 atom stereocenters. The number of aromatic nitrogens is 1. The summed E-state index contributed by atoms with van der Waals surface area (Å²) in [5.41, 5.74) is 2.71. The number of ether oxygens (including phenoxy) is 1. The summed E-state index contributed by atoms with van der Waals surface area (Å²) in [6.45, 7) is 1.89. The molecule has 1 aromatic heterocycles. The van der Waals surface area contributed by atoms with Crippen LogP contribution in [-0.4, -0.2) is 35.9 Å². The summed E-state index contributed by atoms with van der Waals surface area (Å²) in [6, 6.07) is 8.00. The number of hydrogen-bond acceptors (Lipinski definition) is 6. The molecule has 1 aromatic carbocycles. The molecule has 6 rings (SSSR count). The zero-order valence-electron chi connectivity index (χ0n) is 19.5. The summed E-state index contributed by atoms with van der Waals surface area (Å²) in [5, 5.41) is 7.97. The van der Waals surface area contributed by atoms with Crippen molar-refractivity contribution in [1.82, 2.24) is 10.3 Å². The van der Waals surface area contributed by atoms with Gasteiger partial charge in [0.25, 0.3) is 5.91 Å². The number of anilines is 1. The Morgan fingerprint density at radius 3 is 2.35 bits per heavy atom. The van der Waals surface area contributed by atoms with Crippen molar-refractivity contribution in [2.24, 2.45) is 23.2 Å². The van der Waals surface area contributed by atoms with Crippen LogP contribution in [0.25, 0.3) is 11.3 Å². The fraction of sp³-hybridized carbons (Fsp3) is 0.538. The molecule has 34 heavy (non-hydrogen) atoms. The molecule has 0 unspecified atom stereocenters. The number of carbonyl (C=O) groups is 3. The molecule has 2 amide bonds. The number of carbonyl (C=O) groups excluding carboxylic acids is 3. The smallest absolute Gasteiger partial charge is 0.308 e. The lowest BCUT2D eigenvalue weighted by Crippen LogP contribution is -2.53. The molecule has 1 heterocycles. The van der Waals surface area contributed by atoms with Gasteiger partial charge in [-0.2, -0.15) is 0 Å². The van der Waals surface area contributed by atoms with Crippen LogP contribution in [0, 0.1) is 30.1 Å².